The fraction of sp³-hybridized carbons (Fsp3) is 0.357. The van der Waals surface area contributed by atoms with E-state index in [9.17, 15) is 9.00 Å². The van der Waals surface area contributed by atoms with E-state index in [1.165, 1.54) is 0 Å². The fourth-order valence-corrected chi connectivity index (χ4v) is 2.02. The maximum Gasteiger partial charge on any atom is 0.251 e. The van der Waals surface area contributed by atoms with Crippen LogP contribution in [0.25, 0.3) is 0 Å². The molecular formula is C14H18N2O2S. The van der Waals surface area contributed by atoms with E-state index in [4.69, 9.17) is 5.73 Å². The second-order valence-electron chi connectivity index (χ2n) is 3.97. The topological polar surface area (TPSA) is 72.2 Å². The molecule has 1 atom stereocenters. The van der Waals surface area contributed by atoms with Crippen LogP contribution in [0.15, 0.2) is 24.3 Å². The Morgan fingerprint density at radius 2 is 2.26 bits per heavy atom. The Kier molecular flexibility index (Phi) is 6.86. The van der Waals surface area contributed by atoms with Gasteiger partial charge in [0.15, 0.2) is 0 Å². The van der Waals surface area contributed by atoms with Crippen molar-refractivity contribution in [2.24, 2.45) is 5.73 Å². The van der Waals surface area contributed by atoms with Gasteiger partial charge in [-0.1, -0.05) is 17.9 Å². The lowest BCUT2D eigenvalue weighted by Crippen LogP contribution is -2.25. The highest BCUT2D eigenvalue weighted by Gasteiger charge is 2.04. The van der Waals surface area contributed by atoms with Gasteiger partial charge in [0, 0.05) is 40.5 Å². The summed E-state index contributed by atoms with van der Waals surface area (Å²) in [6.45, 7) is 0.821. The van der Waals surface area contributed by atoms with Gasteiger partial charge in [-0.05, 0) is 24.6 Å². The molecule has 0 spiro atoms. The molecule has 19 heavy (non-hydrogen) atoms. The predicted octanol–water partition coefficient (Wildman–Crippen LogP) is 0.495. The van der Waals surface area contributed by atoms with E-state index in [2.05, 4.69) is 17.2 Å². The van der Waals surface area contributed by atoms with Crippen LogP contribution in [0.4, 0.5) is 0 Å². The van der Waals surface area contributed by atoms with E-state index >= 15 is 0 Å². The van der Waals surface area contributed by atoms with E-state index in [0.717, 1.165) is 5.56 Å². The number of nitrogens with two attached hydrogens (primary N) is 1. The summed E-state index contributed by atoms with van der Waals surface area (Å²) in [7, 11) is -0.814. The number of benzene rings is 1. The Labute approximate surface area is 116 Å². The molecule has 1 rings (SSSR count). The SMILES string of the molecule is CS(=O)CCCNC(=O)c1cccc(C#CCN)c1. The molecule has 4 nitrogen and oxygen atoms in total. The van der Waals surface area contributed by atoms with Crippen molar-refractivity contribution < 1.29 is 9.00 Å². The van der Waals surface area contributed by atoms with Gasteiger partial charge >= 0.3 is 0 Å². The van der Waals surface area contributed by atoms with Crippen LogP contribution < -0.4 is 11.1 Å². The third-order valence-corrected chi connectivity index (χ3v) is 3.22. The molecule has 0 bridgehead atoms. The van der Waals surface area contributed by atoms with Crippen molar-refractivity contribution in [2.45, 2.75) is 6.42 Å². The number of hydrogen-bond acceptors (Lipinski definition) is 3. The number of carbonyl (C=O) groups excluding carboxylic acids is 1. The van der Waals surface area contributed by atoms with E-state index in [0.29, 0.717) is 30.8 Å². The highest BCUT2D eigenvalue weighted by atomic mass is 32.2. The monoisotopic (exact) mass is 278 g/mol. The van der Waals surface area contributed by atoms with Crippen molar-refractivity contribution in [3.8, 4) is 11.8 Å². The smallest absolute Gasteiger partial charge is 0.251 e. The number of carbonyl (C=O) groups is 1. The van der Waals surface area contributed by atoms with Crippen molar-refractivity contribution in [2.75, 3.05) is 25.1 Å². The lowest BCUT2D eigenvalue weighted by atomic mass is 10.1. The Bertz CT molecular complexity index is 518. The molecule has 1 amide bonds. The van der Waals surface area contributed by atoms with Gasteiger partial charge in [-0.25, -0.2) is 0 Å². The van der Waals surface area contributed by atoms with Gasteiger partial charge in [-0.15, -0.1) is 0 Å². The minimum atomic E-state index is -0.814. The highest BCUT2D eigenvalue weighted by molar-refractivity contribution is 7.84. The number of nitrogens with one attached hydrogen (secondary N) is 1. The molecular weight excluding hydrogens is 260 g/mol. The molecule has 0 aliphatic rings. The number of hydrogen-bond donors (Lipinski definition) is 2. The van der Waals surface area contributed by atoms with Crippen molar-refractivity contribution in [1.82, 2.24) is 5.32 Å². The summed E-state index contributed by atoms with van der Waals surface area (Å²) < 4.78 is 10.9. The second-order valence-corrected chi connectivity index (χ2v) is 5.53. The first-order valence-electron chi connectivity index (χ1n) is 6.00. The summed E-state index contributed by atoms with van der Waals surface area (Å²) >= 11 is 0. The Balaban J connectivity index is 2.54. The van der Waals surface area contributed by atoms with E-state index in [1.807, 2.05) is 6.07 Å². The Morgan fingerprint density at radius 3 is 2.95 bits per heavy atom. The standard InChI is InChI=1S/C14H18N2O2S/c1-19(18)10-4-9-16-14(17)13-7-2-5-12(11-13)6-3-8-15/h2,5,7,11H,4,8-10,15H2,1H3,(H,16,17). The zero-order valence-corrected chi connectivity index (χ0v) is 11.8. The van der Waals surface area contributed by atoms with Crippen molar-refractivity contribution in [3.05, 3.63) is 35.4 Å². The minimum absolute atomic E-state index is 0.140. The predicted molar refractivity (Wildman–Crippen MR) is 78.3 cm³/mol. The average Bonchev–Trinajstić information content (AvgIpc) is 2.41. The summed E-state index contributed by atoms with van der Waals surface area (Å²) in [5.41, 5.74) is 6.64. The molecule has 1 aromatic rings. The summed E-state index contributed by atoms with van der Waals surface area (Å²) in [4.78, 5) is 11.9. The van der Waals surface area contributed by atoms with Gasteiger partial charge in [0.25, 0.3) is 5.91 Å². The summed E-state index contributed by atoms with van der Waals surface area (Å²) in [6.07, 6.45) is 2.36. The van der Waals surface area contributed by atoms with Crippen LogP contribution in [-0.2, 0) is 10.8 Å². The summed E-state index contributed by atoms with van der Waals surface area (Å²) in [5, 5.41) is 2.79. The van der Waals surface area contributed by atoms with Gasteiger partial charge in [-0.3, -0.25) is 9.00 Å². The van der Waals surface area contributed by atoms with Crippen molar-refractivity contribution in [3.63, 3.8) is 0 Å². The lowest BCUT2D eigenvalue weighted by Gasteiger charge is -2.04. The van der Waals surface area contributed by atoms with Crippen LogP contribution in [0.1, 0.15) is 22.3 Å². The molecule has 102 valence electrons. The molecule has 1 aromatic carbocycles. The van der Waals surface area contributed by atoms with Gasteiger partial charge < -0.3 is 11.1 Å². The molecule has 0 aromatic heterocycles. The molecule has 0 saturated carbocycles. The molecule has 0 heterocycles. The third-order valence-electron chi connectivity index (χ3n) is 2.35. The normalized spacial score (nSPS) is 11.3. The fourth-order valence-electron chi connectivity index (χ4n) is 1.47. The van der Waals surface area contributed by atoms with E-state index < -0.39 is 10.8 Å². The molecule has 3 N–H and O–H groups in total. The number of amides is 1. The lowest BCUT2D eigenvalue weighted by molar-refractivity contribution is 0.0953. The maximum atomic E-state index is 11.9. The van der Waals surface area contributed by atoms with Crippen molar-refractivity contribution in [1.29, 1.82) is 0 Å². The van der Waals surface area contributed by atoms with E-state index in [1.54, 1.807) is 24.5 Å². The van der Waals surface area contributed by atoms with Gasteiger partial charge in [-0.2, -0.15) is 0 Å². The zero-order valence-electron chi connectivity index (χ0n) is 10.9. The first kappa shape index (κ1) is 15.4. The van der Waals surface area contributed by atoms with Gasteiger partial charge in [0.05, 0.1) is 6.54 Å². The zero-order chi connectivity index (χ0) is 14.1. The summed E-state index contributed by atoms with van der Waals surface area (Å²) in [6, 6.07) is 7.09. The molecule has 5 heteroatoms. The summed E-state index contributed by atoms with van der Waals surface area (Å²) in [5.74, 6) is 6.09. The number of rotatable bonds is 5. The van der Waals surface area contributed by atoms with Crippen molar-refractivity contribution >= 4 is 16.7 Å². The molecule has 0 radical (unpaired) electrons. The minimum Gasteiger partial charge on any atom is -0.352 e. The van der Waals surface area contributed by atoms with Crippen LogP contribution in [0.5, 0.6) is 0 Å². The quantitative estimate of drug-likeness (QED) is 0.608. The van der Waals surface area contributed by atoms with Crippen LogP contribution >= 0.6 is 0 Å². The largest absolute Gasteiger partial charge is 0.352 e. The molecule has 0 fully saturated rings. The Morgan fingerprint density at radius 1 is 1.47 bits per heavy atom. The van der Waals surface area contributed by atoms with Crippen LogP contribution in [-0.4, -0.2) is 35.2 Å². The first-order valence-corrected chi connectivity index (χ1v) is 7.73. The maximum absolute atomic E-state index is 11.9. The Hall–Kier alpha value is -1.64. The first-order chi connectivity index (χ1) is 9.13. The van der Waals surface area contributed by atoms with Gasteiger partial charge in [0.1, 0.15) is 0 Å². The van der Waals surface area contributed by atoms with Gasteiger partial charge in [0.2, 0.25) is 0 Å². The van der Waals surface area contributed by atoms with Crippen LogP contribution in [0.2, 0.25) is 0 Å². The molecule has 0 aliphatic carbocycles. The van der Waals surface area contributed by atoms with Crippen LogP contribution in [0.3, 0.4) is 0 Å². The highest BCUT2D eigenvalue weighted by Crippen LogP contribution is 2.04. The average molecular weight is 278 g/mol. The van der Waals surface area contributed by atoms with E-state index in [-0.39, 0.29) is 5.91 Å². The van der Waals surface area contributed by atoms with Crippen LogP contribution in [0, 0.1) is 11.8 Å². The molecule has 1 unspecified atom stereocenters. The second kappa shape index (κ2) is 8.46. The molecule has 0 aliphatic heterocycles. The molecule has 0 saturated heterocycles. The third kappa shape index (κ3) is 6.18.